The van der Waals surface area contributed by atoms with Gasteiger partial charge >= 0.3 is 6.18 Å². The molecule has 13 heteroatoms. The minimum atomic E-state index is -4.58. The lowest BCUT2D eigenvalue weighted by molar-refractivity contribution is -0.173. The number of fused-ring (bicyclic) bond motifs is 1. The molecule has 0 bridgehead atoms. The van der Waals surface area contributed by atoms with Crippen molar-refractivity contribution in [2.45, 2.75) is 57.9 Å². The highest BCUT2D eigenvalue weighted by atomic mass is 19.4. The molecule has 2 N–H and O–H groups in total. The zero-order chi connectivity index (χ0) is 27.9. The Hall–Kier alpha value is -4.03. The first-order valence-electron chi connectivity index (χ1n) is 12.7. The van der Waals surface area contributed by atoms with Crippen LogP contribution in [-0.4, -0.2) is 62.7 Å². The van der Waals surface area contributed by atoms with Crippen molar-refractivity contribution in [1.29, 1.82) is 0 Å². The molecule has 1 fully saturated rings. The van der Waals surface area contributed by atoms with E-state index < -0.39 is 24.2 Å². The molecule has 1 saturated heterocycles. The third-order valence-electron chi connectivity index (χ3n) is 7.28. The van der Waals surface area contributed by atoms with Crippen LogP contribution >= 0.6 is 0 Å². The molecule has 5 rings (SSSR count). The van der Waals surface area contributed by atoms with E-state index >= 15 is 0 Å². The standard InChI is InChI=1S/C26H30F3N7O3/c1-15-24(16(2)35(32-15)14-23(37)34-9-4-5-10-34)31-25(38)20-13-22-30-19(17-7-6-8-18(11-17)39-3)12-21(26(27,28)29)36(22)33-20/h6-8,11,13,19,21,30H,4-5,9-10,12,14H2,1-3H3,(H,31,38)/t19-,21-/m0/s1. The van der Waals surface area contributed by atoms with Gasteiger partial charge in [0, 0.05) is 25.6 Å². The van der Waals surface area contributed by atoms with Gasteiger partial charge in [-0.25, -0.2) is 4.68 Å². The fraction of sp³-hybridized carbons (Fsp3) is 0.462. The normalized spacial score (nSPS) is 19.0. The van der Waals surface area contributed by atoms with Gasteiger partial charge in [-0.15, -0.1) is 0 Å². The average Bonchev–Trinajstić information content (AvgIpc) is 3.64. The number of carbonyl (C=O) groups is 2. The van der Waals surface area contributed by atoms with Gasteiger partial charge in [-0.05, 0) is 44.4 Å². The van der Waals surface area contributed by atoms with Crippen LogP contribution in [0.3, 0.4) is 0 Å². The predicted octanol–water partition coefficient (Wildman–Crippen LogP) is 4.24. The predicted molar refractivity (Wildman–Crippen MR) is 137 cm³/mol. The number of likely N-dealkylation sites (tertiary alicyclic amines) is 1. The van der Waals surface area contributed by atoms with Crippen LogP contribution in [0.25, 0.3) is 0 Å². The Bertz CT molecular complexity index is 1390. The van der Waals surface area contributed by atoms with Gasteiger partial charge in [0.15, 0.2) is 11.7 Å². The molecule has 0 spiro atoms. The molecule has 3 aromatic rings. The van der Waals surface area contributed by atoms with Crippen molar-refractivity contribution in [2.75, 3.05) is 30.8 Å². The first-order chi connectivity index (χ1) is 18.5. The lowest BCUT2D eigenvalue weighted by atomic mass is 9.97. The first kappa shape index (κ1) is 26.6. The largest absolute Gasteiger partial charge is 0.497 e. The molecule has 0 saturated carbocycles. The molecule has 10 nitrogen and oxygen atoms in total. The molecular formula is C26H30F3N7O3. The number of benzene rings is 1. The van der Waals surface area contributed by atoms with Crippen molar-refractivity contribution in [1.82, 2.24) is 24.5 Å². The van der Waals surface area contributed by atoms with Gasteiger partial charge in [-0.2, -0.15) is 23.4 Å². The van der Waals surface area contributed by atoms with Gasteiger partial charge < -0.3 is 20.3 Å². The van der Waals surface area contributed by atoms with Crippen LogP contribution in [0, 0.1) is 13.8 Å². The number of hydrogen-bond donors (Lipinski definition) is 2. The smallest absolute Gasteiger partial charge is 0.410 e. The molecule has 208 valence electrons. The third-order valence-corrected chi connectivity index (χ3v) is 7.28. The number of halogens is 3. The van der Waals surface area contributed by atoms with Crippen molar-refractivity contribution in [3.8, 4) is 5.75 Å². The molecule has 1 aromatic carbocycles. The zero-order valence-corrected chi connectivity index (χ0v) is 21.9. The quantitative estimate of drug-likeness (QED) is 0.480. The number of aryl methyl sites for hydroxylation is 1. The van der Waals surface area contributed by atoms with Gasteiger partial charge in [-0.1, -0.05) is 12.1 Å². The fourth-order valence-corrected chi connectivity index (χ4v) is 5.17. The molecular weight excluding hydrogens is 515 g/mol. The highest BCUT2D eigenvalue weighted by Crippen LogP contribution is 2.44. The maximum absolute atomic E-state index is 14.1. The summed E-state index contributed by atoms with van der Waals surface area (Å²) in [6.07, 6.45) is -2.93. The van der Waals surface area contributed by atoms with E-state index in [1.807, 2.05) is 0 Å². The summed E-state index contributed by atoms with van der Waals surface area (Å²) in [6, 6.07) is 5.57. The molecule has 2 aliphatic heterocycles. The van der Waals surface area contributed by atoms with E-state index in [0.717, 1.165) is 30.6 Å². The lowest BCUT2D eigenvalue weighted by Gasteiger charge is -2.33. The van der Waals surface area contributed by atoms with E-state index in [-0.39, 0.29) is 30.4 Å². The summed E-state index contributed by atoms with van der Waals surface area (Å²) in [5.74, 6) is -0.103. The monoisotopic (exact) mass is 545 g/mol. The number of amides is 2. The molecule has 4 heterocycles. The maximum Gasteiger partial charge on any atom is 0.410 e. The number of hydrogen-bond acceptors (Lipinski definition) is 6. The summed E-state index contributed by atoms with van der Waals surface area (Å²) >= 11 is 0. The summed E-state index contributed by atoms with van der Waals surface area (Å²) in [6.45, 7) is 4.91. The summed E-state index contributed by atoms with van der Waals surface area (Å²) in [7, 11) is 1.49. The van der Waals surface area contributed by atoms with Gasteiger partial charge in [0.05, 0.1) is 30.2 Å². The molecule has 0 radical (unpaired) electrons. The molecule has 2 atom stereocenters. The van der Waals surface area contributed by atoms with Crippen molar-refractivity contribution in [3.63, 3.8) is 0 Å². The number of aromatic nitrogens is 4. The second kappa shape index (κ2) is 10.3. The van der Waals surface area contributed by atoms with E-state index in [1.165, 1.54) is 17.9 Å². The zero-order valence-electron chi connectivity index (χ0n) is 21.9. The Balaban J connectivity index is 1.37. The molecule has 39 heavy (non-hydrogen) atoms. The number of ether oxygens (including phenoxy) is 1. The SMILES string of the molecule is COc1cccc([C@@H]2C[C@@H](C(F)(F)F)n3nc(C(=O)Nc4c(C)nn(CC(=O)N5CCCC5)c4C)cc3N2)c1. The van der Waals surface area contributed by atoms with Crippen LogP contribution in [0.4, 0.5) is 24.7 Å². The Kier molecular flexibility index (Phi) is 7.00. The number of carbonyl (C=O) groups excluding carboxylic acids is 2. The van der Waals surface area contributed by atoms with Crippen molar-refractivity contribution in [3.05, 3.63) is 53.0 Å². The number of nitrogens with one attached hydrogen (secondary N) is 2. The summed E-state index contributed by atoms with van der Waals surface area (Å²) in [4.78, 5) is 27.5. The van der Waals surface area contributed by atoms with Crippen LogP contribution in [0.1, 0.15) is 58.8 Å². The Labute approximate surface area is 223 Å². The fourth-order valence-electron chi connectivity index (χ4n) is 5.17. The number of rotatable bonds is 6. The average molecular weight is 546 g/mol. The number of anilines is 2. The van der Waals surface area contributed by atoms with Crippen molar-refractivity contribution >= 4 is 23.3 Å². The van der Waals surface area contributed by atoms with E-state index in [1.54, 1.807) is 43.0 Å². The summed E-state index contributed by atoms with van der Waals surface area (Å²) in [5.41, 5.74) is 1.92. The molecule has 0 aliphatic carbocycles. The summed E-state index contributed by atoms with van der Waals surface area (Å²) < 4.78 is 49.8. The van der Waals surface area contributed by atoms with Crippen LogP contribution in [0.5, 0.6) is 5.75 Å². The second-order valence-corrected chi connectivity index (χ2v) is 9.87. The Morgan fingerprint density at radius 3 is 2.59 bits per heavy atom. The highest BCUT2D eigenvalue weighted by molar-refractivity contribution is 6.04. The molecule has 2 amide bonds. The van der Waals surface area contributed by atoms with Crippen LogP contribution in [0.2, 0.25) is 0 Å². The van der Waals surface area contributed by atoms with E-state index in [0.29, 0.717) is 28.4 Å². The number of alkyl halides is 3. The van der Waals surface area contributed by atoms with E-state index in [9.17, 15) is 22.8 Å². The third kappa shape index (κ3) is 5.30. The minimum absolute atomic E-state index is 0.0458. The van der Waals surface area contributed by atoms with Gasteiger partial charge in [0.25, 0.3) is 5.91 Å². The number of methoxy groups -OCH3 is 1. The molecule has 2 aromatic heterocycles. The van der Waals surface area contributed by atoms with Crippen LogP contribution < -0.4 is 15.4 Å². The minimum Gasteiger partial charge on any atom is -0.497 e. The maximum atomic E-state index is 14.1. The van der Waals surface area contributed by atoms with E-state index in [2.05, 4.69) is 20.8 Å². The van der Waals surface area contributed by atoms with Gasteiger partial charge in [-0.3, -0.25) is 14.3 Å². The van der Waals surface area contributed by atoms with Gasteiger partial charge in [0.1, 0.15) is 18.1 Å². The molecule has 0 unspecified atom stereocenters. The van der Waals surface area contributed by atoms with Gasteiger partial charge in [0.2, 0.25) is 5.91 Å². The number of nitrogens with zero attached hydrogens (tertiary/aromatic N) is 5. The molecule has 2 aliphatic rings. The van der Waals surface area contributed by atoms with Crippen LogP contribution in [-0.2, 0) is 11.3 Å². The topological polar surface area (TPSA) is 106 Å². The lowest BCUT2D eigenvalue weighted by Crippen LogP contribution is -2.35. The Morgan fingerprint density at radius 2 is 1.90 bits per heavy atom. The Morgan fingerprint density at radius 1 is 1.15 bits per heavy atom. The van der Waals surface area contributed by atoms with Crippen molar-refractivity contribution < 1.29 is 27.5 Å². The van der Waals surface area contributed by atoms with Crippen molar-refractivity contribution in [2.24, 2.45) is 0 Å². The first-order valence-corrected chi connectivity index (χ1v) is 12.7. The van der Waals surface area contributed by atoms with Crippen LogP contribution in [0.15, 0.2) is 30.3 Å². The second-order valence-electron chi connectivity index (χ2n) is 9.87. The highest BCUT2D eigenvalue weighted by Gasteiger charge is 2.47. The summed E-state index contributed by atoms with van der Waals surface area (Å²) in [5, 5.41) is 14.2. The van der Waals surface area contributed by atoms with E-state index in [4.69, 9.17) is 4.74 Å².